The summed E-state index contributed by atoms with van der Waals surface area (Å²) >= 11 is 0. The number of nitrogens with two attached hydrogens (primary N) is 1. The van der Waals surface area contributed by atoms with Gasteiger partial charge in [-0.1, -0.05) is 31.5 Å². The summed E-state index contributed by atoms with van der Waals surface area (Å²) in [6.07, 6.45) is 1.91. The third-order valence-electron chi connectivity index (χ3n) is 8.86. The molecule has 0 fully saturated rings. The number of hydrogen-bond acceptors (Lipinski definition) is 9. The number of aliphatic hydroxyl groups excluding tert-OH is 2. The molecule has 0 unspecified atom stereocenters. The number of nitrogens with one attached hydrogen (secondary N) is 1. The van der Waals surface area contributed by atoms with Crippen molar-refractivity contribution in [2.24, 2.45) is 17.6 Å². The number of likely N-dealkylation sites (N-methyl/N-ethyl adjacent to an activating group) is 1. The topological polar surface area (TPSA) is 190 Å². The van der Waals surface area contributed by atoms with Crippen molar-refractivity contribution in [3.63, 3.8) is 0 Å². The molecular weight excluding hydrogens is 554 g/mol. The SMILES string of the molecule is CCCCNC(=O)c1cccc(-c2ccc(O)c3c2C[C@H]2C[C@H]4[C@H](N(C)C)C(O)=C(C(N)=O)C(=O)[C@@]4(O)C(O)=C2C3=O)c1. The van der Waals surface area contributed by atoms with Gasteiger partial charge in [-0.25, -0.2) is 0 Å². The predicted molar refractivity (Wildman–Crippen MR) is 156 cm³/mol. The van der Waals surface area contributed by atoms with Crippen LogP contribution in [0.4, 0.5) is 0 Å². The fraction of sp³-hybridized carbons (Fsp3) is 0.375. The first-order valence-electron chi connectivity index (χ1n) is 14.2. The first-order chi connectivity index (χ1) is 20.3. The molecule has 2 aromatic carbocycles. The van der Waals surface area contributed by atoms with Crippen LogP contribution in [0.2, 0.25) is 0 Å². The summed E-state index contributed by atoms with van der Waals surface area (Å²) in [6.45, 7) is 2.57. The van der Waals surface area contributed by atoms with E-state index < -0.39 is 58.0 Å². The highest BCUT2D eigenvalue weighted by Crippen LogP contribution is 2.53. The van der Waals surface area contributed by atoms with Crippen molar-refractivity contribution in [1.82, 2.24) is 10.2 Å². The molecule has 0 spiro atoms. The van der Waals surface area contributed by atoms with Gasteiger partial charge in [0.25, 0.3) is 11.8 Å². The number of hydrogen-bond donors (Lipinski definition) is 6. The number of aliphatic hydroxyl groups is 3. The van der Waals surface area contributed by atoms with E-state index in [2.05, 4.69) is 5.32 Å². The average Bonchev–Trinajstić information content (AvgIpc) is 2.95. The Balaban J connectivity index is 1.63. The van der Waals surface area contributed by atoms with E-state index in [-0.39, 0.29) is 35.6 Å². The Hall–Kier alpha value is -4.48. The van der Waals surface area contributed by atoms with E-state index >= 15 is 0 Å². The van der Waals surface area contributed by atoms with Crippen LogP contribution in [0.3, 0.4) is 0 Å². The van der Waals surface area contributed by atoms with Gasteiger partial charge in [0.2, 0.25) is 5.78 Å². The molecule has 0 aromatic heterocycles. The van der Waals surface area contributed by atoms with E-state index in [9.17, 15) is 39.6 Å². The average molecular weight is 590 g/mol. The zero-order valence-corrected chi connectivity index (χ0v) is 24.2. The fourth-order valence-corrected chi connectivity index (χ4v) is 6.83. The molecule has 5 rings (SSSR count). The van der Waals surface area contributed by atoms with E-state index in [0.717, 1.165) is 12.8 Å². The second kappa shape index (κ2) is 11.0. The van der Waals surface area contributed by atoms with Gasteiger partial charge < -0.3 is 31.5 Å². The fourth-order valence-electron chi connectivity index (χ4n) is 6.83. The van der Waals surface area contributed by atoms with Crippen LogP contribution in [0.25, 0.3) is 11.1 Å². The minimum atomic E-state index is -2.70. The zero-order chi connectivity index (χ0) is 31.4. The molecule has 11 heteroatoms. The molecule has 4 atom stereocenters. The lowest BCUT2D eigenvalue weighted by molar-refractivity contribution is -0.148. The molecule has 0 saturated heterocycles. The van der Waals surface area contributed by atoms with Gasteiger partial charge in [-0.15, -0.1) is 0 Å². The van der Waals surface area contributed by atoms with E-state index in [0.29, 0.717) is 28.8 Å². The van der Waals surface area contributed by atoms with E-state index in [1.54, 1.807) is 44.4 Å². The van der Waals surface area contributed by atoms with Crippen molar-refractivity contribution in [1.29, 1.82) is 0 Å². The Morgan fingerprint density at radius 3 is 2.49 bits per heavy atom. The zero-order valence-electron chi connectivity index (χ0n) is 24.2. The van der Waals surface area contributed by atoms with Crippen LogP contribution in [-0.4, -0.2) is 81.0 Å². The first kappa shape index (κ1) is 30.0. The van der Waals surface area contributed by atoms with Gasteiger partial charge in [-0.2, -0.15) is 0 Å². The maximum Gasteiger partial charge on any atom is 0.255 e. The molecule has 2 amide bonds. The van der Waals surface area contributed by atoms with E-state index in [1.807, 2.05) is 6.92 Å². The highest BCUT2D eigenvalue weighted by Gasteiger charge is 2.63. The highest BCUT2D eigenvalue weighted by atomic mass is 16.3. The molecule has 0 heterocycles. The molecule has 3 aliphatic rings. The summed E-state index contributed by atoms with van der Waals surface area (Å²) < 4.78 is 0. The smallest absolute Gasteiger partial charge is 0.255 e. The highest BCUT2D eigenvalue weighted by molar-refractivity contribution is 6.25. The molecule has 226 valence electrons. The maximum atomic E-state index is 14.0. The number of Topliss-reactive ketones (excluding diaryl/α,β-unsaturated/α-hetero) is 2. The molecule has 0 saturated carbocycles. The monoisotopic (exact) mass is 589 g/mol. The third kappa shape index (κ3) is 4.59. The minimum Gasteiger partial charge on any atom is -0.510 e. The molecule has 0 aliphatic heterocycles. The summed E-state index contributed by atoms with van der Waals surface area (Å²) in [6, 6.07) is 8.84. The number of ketones is 2. The summed E-state index contributed by atoms with van der Waals surface area (Å²) in [5, 5.41) is 47.9. The van der Waals surface area contributed by atoms with Crippen LogP contribution in [0, 0.1) is 11.8 Å². The molecule has 3 aliphatic carbocycles. The molecule has 11 nitrogen and oxygen atoms in total. The number of aromatic hydroxyl groups is 1. The van der Waals surface area contributed by atoms with Crippen molar-refractivity contribution in [2.75, 3.05) is 20.6 Å². The molecule has 0 radical (unpaired) electrons. The summed E-state index contributed by atoms with van der Waals surface area (Å²) in [5.74, 6) is -7.26. The normalized spacial score (nSPS) is 24.9. The van der Waals surface area contributed by atoms with Crippen LogP contribution in [0.5, 0.6) is 5.75 Å². The van der Waals surface area contributed by atoms with Gasteiger partial charge in [0, 0.05) is 23.6 Å². The van der Waals surface area contributed by atoms with Crippen LogP contribution in [0.15, 0.2) is 59.1 Å². The second-order valence-corrected chi connectivity index (χ2v) is 11.6. The second-order valence-electron chi connectivity index (χ2n) is 11.6. The van der Waals surface area contributed by atoms with Gasteiger partial charge in [0.1, 0.15) is 22.8 Å². The number of primary amides is 1. The van der Waals surface area contributed by atoms with E-state index in [4.69, 9.17) is 5.73 Å². The number of unbranched alkanes of at least 4 members (excludes halogenated alkanes) is 1. The largest absolute Gasteiger partial charge is 0.510 e. The lowest BCUT2D eigenvalue weighted by Gasteiger charge is -2.50. The number of carbonyl (C=O) groups is 4. The van der Waals surface area contributed by atoms with Gasteiger partial charge in [0.05, 0.1) is 11.6 Å². The first-order valence-corrected chi connectivity index (χ1v) is 14.2. The van der Waals surface area contributed by atoms with Crippen molar-refractivity contribution in [2.45, 2.75) is 44.2 Å². The van der Waals surface area contributed by atoms with Crippen LogP contribution < -0.4 is 11.1 Å². The molecule has 43 heavy (non-hydrogen) atoms. The number of amides is 2. The molecular formula is C32H35N3O8. The van der Waals surface area contributed by atoms with Gasteiger partial charge in [-0.3, -0.25) is 24.1 Å². The van der Waals surface area contributed by atoms with E-state index in [1.165, 1.54) is 11.0 Å². The predicted octanol–water partition coefficient (Wildman–Crippen LogP) is 2.32. The number of nitrogens with zero attached hydrogens (tertiary/aromatic N) is 1. The number of rotatable bonds is 7. The van der Waals surface area contributed by atoms with Crippen LogP contribution in [-0.2, 0) is 16.0 Å². The summed E-state index contributed by atoms with van der Waals surface area (Å²) in [5.41, 5.74) is 3.68. The van der Waals surface area contributed by atoms with Gasteiger partial charge in [-0.05, 0) is 74.2 Å². The third-order valence-corrected chi connectivity index (χ3v) is 8.86. The van der Waals surface area contributed by atoms with Crippen LogP contribution in [0.1, 0.15) is 52.5 Å². The molecule has 0 bridgehead atoms. The van der Waals surface area contributed by atoms with Crippen molar-refractivity contribution >= 4 is 23.4 Å². The molecule has 7 N–H and O–H groups in total. The van der Waals surface area contributed by atoms with Crippen molar-refractivity contribution in [3.8, 4) is 16.9 Å². The Labute approximate surface area is 248 Å². The number of phenols is 1. The number of phenolic OH excluding ortho intramolecular Hbond substituents is 1. The number of fused-ring (bicyclic) bond motifs is 3. The van der Waals surface area contributed by atoms with Crippen molar-refractivity contribution in [3.05, 3.63) is 75.8 Å². The number of carbonyl (C=O) groups excluding carboxylic acids is 4. The minimum absolute atomic E-state index is 0.0132. The Morgan fingerprint density at radius 2 is 1.84 bits per heavy atom. The quantitative estimate of drug-likeness (QED) is 0.208. The van der Waals surface area contributed by atoms with Gasteiger partial charge >= 0.3 is 0 Å². The number of benzene rings is 2. The maximum absolute atomic E-state index is 14.0. The standard InChI is InChI=1S/C32H35N3O8/c1-4-5-11-34-31(42)16-8-6-7-15(12-16)18-9-10-21(36)23-19(18)13-17-14-20-25(35(2)3)27(38)24(30(33)41)29(40)32(20,43)28(39)22(17)26(23)37/h6-10,12,17,20,25,36,38-39,43H,4-5,11,13-14H2,1-3H3,(H2,33,41)(H,34,42)/t17-,20-,25-,32-/m0/s1. The van der Waals surface area contributed by atoms with Crippen LogP contribution >= 0.6 is 0 Å². The lowest BCUT2D eigenvalue weighted by atomic mass is 9.58. The number of allylic oxidation sites excluding steroid dienone is 1. The Kier molecular flexibility index (Phi) is 7.66. The summed E-state index contributed by atoms with van der Waals surface area (Å²) in [4.78, 5) is 53.8. The summed E-state index contributed by atoms with van der Waals surface area (Å²) in [7, 11) is 3.16. The lowest BCUT2D eigenvalue weighted by Crippen LogP contribution is -2.63. The van der Waals surface area contributed by atoms with Crippen molar-refractivity contribution < 1.29 is 39.6 Å². The Morgan fingerprint density at radius 1 is 1.12 bits per heavy atom. The Bertz CT molecular complexity index is 1620. The van der Waals surface area contributed by atoms with Gasteiger partial charge in [0.15, 0.2) is 11.4 Å². The molecule has 2 aromatic rings.